The maximum atomic E-state index is 3.82. The lowest BCUT2D eigenvalue weighted by atomic mass is 10.0. The highest BCUT2D eigenvalue weighted by atomic mass is 14.3. The predicted octanol–water partition coefficient (Wildman–Crippen LogP) is 5.20. The van der Waals surface area contributed by atoms with E-state index in [1.54, 1.807) is 0 Å². The minimum atomic E-state index is 0.907. The Balaban J connectivity index is 0.000000249. The van der Waals surface area contributed by atoms with Crippen molar-refractivity contribution in [1.82, 2.24) is 0 Å². The molecule has 0 heterocycles. The molecule has 0 spiro atoms. The molecule has 0 heteroatoms. The summed E-state index contributed by atoms with van der Waals surface area (Å²) in [6.07, 6.45) is 8.31. The van der Waals surface area contributed by atoms with Crippen LogP contribution in [0.15, 0.2) is 12.2 Å². The molecule has 0 radical (unpaired) electrons. The molecule has 1 rings (SSSR count). The standard InChI is InChI=1S/C8H18.C6H10/c1-4-6-8(3)7-5-2;1-5(2)6-3-4-6/h8H,4-7H2,1-3H3;6H,1,3-4H2,2H3. The Morgan fingerprint density at radius 1 is 1.21 bits per heavy atom. The van der Waals surface area contributed by atoms with Crippen molar-refractivity contribution in [1.29, 1.82) is 0 Å². The van der Waals surface area contributed by atoms with Crippen molar-refractivity contribution in [2.24, 2.45) is 11.8 Å². The van der Waals surface area contributed by atoms with Crippen LogP contribution in [0.1, 0.15) is 66.2 Å². The van der Waals surface area contributed by atoms with Crippen molar-refractivity contribution in [3.63, 3.8) is 0 Å². The molecule has 0 atom stereocenters. The van der Waals surface area contributed by atoms with E-state index >= 15 is 0 Å². The zero-order valence-corrected chi connectivity index (χ0v) is 10.6. The summed E-state index contributed by atoms with van der Waals surface area (Å²) in [5.41, 5.74) is 1.37. The molecule has 0 aromatic rings. The second-order valence-electron chi connectivity index (χ2n) is 4.80. The van der Waals surface area contributed by atoms with Gasteiger partial charge in [-0.15, -0.1) is 0 Å². The third-order valence-corrected chi connectivity index (χ3v) is 2.84. The first kappa shape index (κ1) is 13.7. The smallest absolute Gasteiger partial charge is 0.0208 e. The Labute approximate surface area is 90.8 Å². The summed E-state index contributed by atoms with van der Waals surface area (Å²) in [5, 5.41) is 0. The lowest BCUT2D eigenvalue weighted by molar-refractivity contribution is 0.480. The molecule has 1 saturated carbocycles. The van der Waals surface area contributed by atoms with Gasteiger partial charge < -0.3 is 0 Å². The Morgan fingerprint density at radius 3 is 1.79 bits per heavy atom. The Morgan fingerprint density at radius 2 is 1.64 bits per heavy atom. The van der Waals surface area contributed by atoms with Crippen molar-refractivity contribution in [3.8, 4) is 0 Å². The second kappa shape index (κ2) is 8.08. The van der Waals surface area contributed by atoms with Gasteiger partial charge in [-0.1, -0.05) is 58.6 Å². The fourth-order valence-corrected chi connectivity index (χ4v) is 1.71. The highest BCUT2D eigenvalue weighted by Gasteiger charge is 2.20. The largest absolute Gasteiger partial charge is 0.0999 e. The van der Waals surface area contributed by atoms with Gasteiger partial charge in [-0.25, -0.2) is 0 Å². The molecule has 1 aliphatic carbocycles. The van der Waals surface area contributed by atoms with Crippen molar-refractivity contribution in [2.45, 2.75) is 66.2 Å². The molecule has 1 fully saturated rings. The fraction of sp³-hybridized carbons (Fsp3) is 0.857. The summed E-state index contributed by atoms with van der Waals surface area (Å²) < 4.78 is 0. The van der Waals surface area contributed by atoms with Crippen molar-refractivity contribution in [3.05, 3.63) is 12.2 Å². The van der Waals surface area contributed by atoms with Gasteiger partial charge >= 0.3 is 0 Å². The molecule has 0 aliphatic heterocycles. The average Bonchev–Trinajstić information content (AvgIpc) is 2.87. The van der Waals surface area contributed by atoms with Gasteiger partial charge in [0.15, 0.2) is 0 Å². The van der Waals surface area contributed by atoms with Crippen LogP contribution in [0.2, 0.25) is 0 Å². The van der Waals surface area contributed by atoms with Crippen LogP contribution in [0.3, 0.4) is 0 Å². The van der Waals surface area contributed by atoms with E-state index in [9.17, 15) is 0 Å². The van der Waals surface area contributed by atoms with E-state index in [0.717, 1.165) is 11.8 Å². The van der Waals surface area contributed by atoms with E-state index in [-0.39, 0.29) is 0 Å². The van der Waals surface area contributed by atoms with E-state index < -0.39 is 0 Å². The van der Waals surface area contributed by atoms with E-state index in [4.69, 9.17) is 0 Å². The highest BCUT2D eigenvalue weighted by Crippen LogP contribution is 2.34. The number of allylic oxidation sites excluding steroid dienone is 1. The minimum Gasteiger partial charge on any atom is -0.0999 e. The third-order valence-electron chi connectivity index (χ3n) is 2.84. The predicted molar refractivity (Wildman–Crippen MR) is 66.5 cm³/mol. The summed E-state index contributed by atoms with van der Waals surface area (Å²) in [6, 6.07) is 0. The summed E-state index contributed by atoms with van der Waals surface area (Å²) >= 11 is 0. The summed E-state index contributed by atoms with van der Waals surface area (Å²) in [6.45, 7) is 12.8. The van der Waals surface area contributed by atoms with E-state index in [0.29, 0.717) is 0 Å². The summed E-state index contributed by atoms with van der Waals surface area (Å²) in [7, 11) is 0. The molecule has 0 bridgehead atoms. The van der Waals surface area contributed by atoms with Crippen LogP contribution in [-0.4, -0.2) is 0 Å². The minimum absolute atomic E-state index is 0.907. The topological polar surface area (TPSA) is 0 Å². The van der Waals surface area contributed by atoms with Gasteiger partial charge in [0.05, 0.1) is 0 Å². The quantitative estimate of drug-likeness (QED) is 0.530. The fourth-order valence-electron chi connectivity index (χ4n) is 1.71. The molecule has 0 unspecified atom stereocenters. The van der Waals surface area contributed by atoms with Gasteiger partial charge in [-0.3, -0.25) is 0 Å². The normalized spacial score (nSPS) is 14.9. The average molecular weight is 196 g/mol. The first-order valence-electron chi connectivity index (χ1n) is 6.27. The van der Waals surface area contributed by atoms with Crippen LogP contribution in [0.25, 0.3) is 0 Å². The van der Waals surface area contributed by atoms with Crippen LogP contribution in [0, 0.1) is 11.8 Å². The zero-order valence-electron chi connectivity index (χ0n) is 10.6. The summed E-state index contributed by atoms with van der Waals surface area (Å²) in [4.78, 5) is 0. The SMILES string of the molecule is C=C(C)C1CC1.CCCC(C)CCC. The van der Waals surface area contributed by atoms with E-state index in [1.807, 2.05) is 0 Å². The lowest BCUT2D eigenvalue weighted by Crippen LogP contribution is -1.91. The lowest BCUT2D eigenvalue weighted by Gasteiger charge is -2.05. The van der Waals surface area contributed by atoms with Gasteiger partial charge in [0.25, 0.3) is 0 Å². The summed E-state index contributed by atoms with van der Waals surface area (Å²) in [5.74, 6) is 1.87. The number of hydrogen-bond acceptors (Lipinski definition) is 0. The maximum Gasteiger partial charge on any atom is -0.0208 e. The molecule has 0 aromatic carbocycles. The molecule has 1 aliphatic rings. The molecule has 0 aromatic heterocycles. The van der Waals surface area contributed by atoms with E-state index in [2.05, 4.69) is 34.3 Å². The van der Waals surface area contributed by atoms with Gasteiger partial charge in [0.2, 0.25) is 0 Å². The zero-order chi connectivity index (χ0) is 11.0. The molecular formula is C14H28. The van der Waals surface area contributed by atoms with Gasteiger partial charge in [0.1, 0.15) is 0 Å². The Bertz CT molecular complexity index is 136. The van der Waals surface area contributed by atoms with Crippen LogP contribution in [0.5, 0.6) is 0 Å². The highest BCUT2D eigenvalue weighted by molar-refractivity contribution is 5.03. The maximum absolute atomic E-state index is 3.82. The molecule has 84 valence electrons. The van der Waals surface area contributed by atoms with Crippen LogP contribution >= 0.6 is 0 Å². The number of rotatable bonds is 5. The Hall–Kier alpha value is -0.260. The van der Waals surface area contributed by atoms with Gasteiger partial charge in [-0.05, 0) is 31.6 Å². The number of hydrogen-bond donors (Lipinski definition) is 0. The van der Waals surface area contributed by atoms with Gasteiger partial charge in [0, 0.05) is 0 Å². The van der Waals surface area contributed by atoms with Gasteiger partial charge in [-0.2, -0.15) is 0 Å². The van der Waals surface area contributed by atoms with E-state index in [1.165, 1.54) is 44.1 Å². The molecule has 14 heavy (non-hydrogen) atoms. The molecule has 0 amide bonds. The van der Waals surface area contributed by atoms with Crippen LogP contribution in [0.4, 0.5) is 0 Å². The monoisotopic (exact) mass is 196 g/mol. The molecular weight excluding hydrogens is 168 g/mol. The third kappa shape index (κ3) is 8.34. The van der Waals surface area contributed by atoms with Crippen molar-refractivity contribution >= 4 is 0 Å². The van der Waals surface area contributed by atoms with Crippen LogP contribution < -0.4 is 0 Å². The molecule has 0 nitrogen and oxygen atoms in total. The second-order valence-corrected chi connectivity index (χ2v) is 4.80. The first-order valence-corrected chi connectivity index (χ1v) is 6.27. The molecule has 0 saturated heterocycles. The molecule has 0 N–H and O–H groups in total. The Kier molecular flexibility index (Phi) is 7.93. The van der Waals surface area contributed by atoms with Crippen molar-refractivity contribution in [2.75, 3.05) is 0 Å². The van der Waals surface area contributed by atoms with Crippen LogP contribution in [-0.2, 0) is 0 Å². The van der Waals surface area contributed by atoms with Crippen molar-refractivity contribution < 1.29 is 0 Å². The first-order chi connectivity index (χ1) is 6.61.